The van der Waals surface area contributed by atoms with E-state index in [0.29, 0.717) is 6.42 Å². The summed E-state index contributed by atoms with van der Waals surface area (Å²) in [7, 11) is 0. The Morgan fingerprint density at radius 3 is 1.95 bits per heavy atom. The van der Waals surface area contributed by atoms with Crippen molar-refractivity contribution in [1.82, 2.24) is 5.32 Å². The van der Waals surface area contributed by atoms with Gasteiger partial charge in [0.1, 0.15) is 5.69 Å². The van der Waals surface area contributed by atoms with Crippen LogP contribution in [-0.4, -0.2) is 25.2 Å². The summed E-state index contributed by atoms with van der Waals surface area (Å²) >= 11 is 0. The number of rotatable bonds is 3. The van der Waals surface area contributed by atoms with Crippen molar-refractivity contribution in [2.75, 3.05) is 18.0 Å². The molecular formula is C13H15F5N2. The van der Waals surface area contributed by atoms with Gasteiger partial charge < -0.3 is 10.2 Å². The number of anilines is 1. The van der Waals surface area contributed by atoms with Crippen LogP contribution in [0.5, 0.6) is 0 Å². The van der Waals surface area contributed by atoms with Gasteiger partial charge >= 0.3 is 0 Å². The zero-order valence-corrected chi connectivity index (χ0v) is 11.1. The van der Waals surface area contributed by atoms with Gasteiger partial charge in [0.15, 0.2) is 23.3 Å². The summed E-state index contributed by atoms with van der Waals surface area (Å²) in [6.45, 7) is 4.28. The van der Waals surface area contributed by atoms with E-state index in [9.17, 15) is 22.0 Å². The van der Waals surface area contributed by atoms with Crippen LogP contribution in [0.4, 0.5) is 27.6 Å². The van der Waals surface area contributed by atoms with Crippen molar-refractivity contribution < 1.29 is 22.0 Å². The normalized spacial score (nSPS) is 19.2. The van der Waals surface area contributed by atoms with E-state index < -0.39 is 34.8 Å². The van der Waals surface area contributed by atoms with Gasteiger partial charge in [-0.1, -0.05) is 13.8 Å². The maximum absolute atomic E-state index is 13.7. The Balaban J connectivity index is 2.31. The van der Waals surface area contributed by atoms with E-state index in [1.54, 1.807) is 0 Å². The molecule has 1 saturated heterocycles. The van der Waals surface area contributed by atoms with Crippen LogP contribution in [0, 0.1) is 29.1 Å². The summed E-state index contributed by atoms with van der Waals surface area (Å²) < 4.78 is 66.6. The lowest BCUT2D eigenvalue weighted by Crippen LogP contribution is -2.37. The van der Waals surface area contributed by atoms with Crippen LogP contribution in [0.2, 0.25) is 0 Å². The Bertz CT molecular complexity index is 489. The zero-order chi connectivity index (χ0) is 15.0. The van der Waals surface area contributed by atoms with Gasteiger partial charge in [0.05, 0.1) is 0 Å². The van der Waals surface area contributed by atoms with E-state index in [2.05, 4.69) is 5.32 Å². The highest BCUT2D eigenvalue weighted by Crippen LogP contribution is 2.32. The second-order valence-electron chi connectivity index (χ2n) is 5.17. The van der Waals surface area contributed by atoms with Crippen LogP contribution in [0.25, 0.3) is 0 Å². The fourth-order valence-electron chi connectivity index (χ4n) is 2.44. The lowest BCUT2D eigenvalue weighted by Gasteiger charge is -2.21. The van der Waals surface area contributed by atoms with Crippen molar-refractivity contribution in [2.45, 2.75) is 32.4 Å². The van der Waals surface area contributed by atoms with E-state index in [1.165, 1.54) is 4.90 Å². The van der Waals surface area contributed by atoms with Crippen LogP contribution < -0.4 is 10.2 Å². The Hall–Kier alpha value is -1.37. The predicted octanol–water partition coefficient (Wildman–Crippen LogP) is 2.96. The number of hydrogen-bond acceptors (Lipinski definition) is 2. The SMILES string of the molecule is CC(C)NC1CCN(c2c(F)c(F)c(F)c(F)c2F)C1. The third-order valence-corrected chi connectivity index (χ3v) is 3.26. The minimum atomic E-state index is -2.13. The van der Waals surface area contributed by atoms with Crippen molar-refractivity contribution in [3.8, 4) is 0 Å². The standard InChI is InChI=1S/C13H15F5N2/c1-6(2)19-7-3-4-20(5-7)13-11(17)9(15)8(14)10(16)12(13)18/h6-7,19H,3-5H2,1-2H3. The molecule has 0 bridgehead atoms. The molecule has 1 N–H and O–H groups in total. The number of hydrogen-bond donors (Lipinski definition) is 1. The molecule has 7 heteroatoms. The van der Waals surface area contributed by atoms with E-state index in [0.717, 1.165) is 0 Å². The van der Waals surface area contributed by atoms with E-state index >= 15 is 0 Å². The van der Waals surface area contributed by atoms with E-state index in [-0.39, 0.29) is 25.2 Å². The molecular weight excluding hydrogens is 279 g/mol. The van der Waals surface area contributed by atoms with Crippen LogP contribution in [0.1, 0.15) is 20.3 Å². The highest BCUT2D eigenvalue weighted by molar-refractivity contribution is 5.51. The molecule has 1 aromatic rings. The van der Waals surface area contributed by atoms with Gasteiger partial charge in [0, 0.05) is 25.2 Å². The zero-order valence-electron chi connectivity index (χ0n) is 11.1. The molecule has 1 aliphatic rings. The molecule has 1 fully saturated rings. The Morgan fingerprint density at radius 2 is 1.45 bits per heavy atom. The topological polar surface area (TPSA) is 15.3 Å². The summed E-state index contributed by atoms with van der Waals surface area (Å²) in [5.74, 6) is -9.48. The summed E-state index contributed by atoms with van der Waals surface area (Å²) in [6.07, 6.45) is 0.581. The molecule has 1 aliphatic heterocycles. The fourth-order valence-corrected chi connectivity index (χ4v) is 2.44. The second-order valence-corrected chi connectivity index (χ2v) is 5.17. The summed E-state index contributed by atoms with van der Waals surface area (Å²) in [6, 6.07) is 0.140. The molecule has 0 spiro atoms. The first-order valence-corrected chi connectivity index (χ1v) is 6.35. The van der Waals surface area contributed by atoms with Gasteiger partial charge in [-0.3, -0.25) is 0 Å². The average molecular weight is 294 g/mol. The van der Waals surface area contributed by atoms with Crippen LogP contribution in [0.15, 0.2) is 0 Å². The third kappa shape index (κ3) is 2.59. The molecule has 0 radical (unpaired) electrons. The molecule has 1 aromatic carbocycles. The molecule has 0 aliphatic carbocycles. The van der Waals surface area contributed by atoms with Gasteiger partial charge in [0.25, 0.3) is 0 Å². The number of benzene rings is 1. The first-order valence-electron chi connectivity index (χ1n) is 6.35. The maximum atomic E-state index is 13.7. The highest BCUT2D eigenvalue weighted by Gasteiger charge is 2.32. The summed E-state index contributed by atoms with van der Waals surface area (Å²) in [4.78, 5) is 1.19. The van der Waals surface area contributed by atoms with Crippen molar-refractivity contribution in [1.29, 1.82) is 0 Å². The predicted molar refractivity (Wildman–Crippen MR) is 65.1 cm³/mol. The third-order valence-electron chi connectivity index (χ3n) is 3.26. The number of nitrogens with one attached hydrogen (secondary N) is 1. The Morgan fingerprint density at radius 1 is 0.950 bits per heavy atom. The van der Waals surface area contributed by atoms with Gasteiger partial charge in [-0.05, 0) is 6.42 Å². The molecule has 20 heavy (non-hydrogen) atoms. The minimum Gasteiger partial charge on any atom is -0.365 e. The fraction of sp³-hybridized carbons (Fsp3) is 0.538. The molecule has 2 nitrogen and oxygen atoms in total. The van der Waals surface area contributed by atoms with Crippen LogP contribution >= 0.6 is 0 Å². The van der Waals surface area contributed by atoms with Crippen LogP contribution in [0.3, 0.4) is 0 Å². The maximum Gasteiger partial charge on any atom is 0.200 e. The quantitative estimate of drug-likeness (QED) is 0.524. The smallest absolute Gasteiger partial charge is 0.200 e. The largest absolute Gasteiger partial charge is 0.365 e. The lowest BCUT2D eigenvalue weighted by molar-refractivity contribution is 0.378. The van der Waals surface area contributed by atoms with Gasteiger partial charge in [-0.15, -0.1) is 0 Å². The first kappa shape index (κ1) is 15.0. The number of nitrogens with zero attached hydrogens (tertiary/aromatic N) is 1. The summed E-state index contributed by atoms with van der Waals surface area (Å²) in [5, 5.41) is 3.17. The van der Waals surface area contributed by atoms with E-state index in [4.69, 9.17) is 0 Å². The van der Waals surface area contributed by atoms with Gasteiger partial charge in [0.2, 0.25) is 5.82 Å². The van der Waals surface area contributed by atoms with Crippen LogP contribution in [-0.2, 0) is 0 Å². The van der Waals surface area contributed by atoms with Gasteiger partial charge in [-0.2, -0.15) is 0 Å². The van der Waals surface area contributed by atoms with Crippen molar-refractivity contribution in [3.05, 3.63) is 29.1 Å². The molecule has 0 amide bonds. The number of halogens is 5. The molecule has 1 atom stereocenters. The second kappa shape index (κ2) is 5.55. The van der Waals surface area contributed by atoms with E-state index in [1.807, 2.05) is 13.8 Å². The average Bonchev–Trinajstić information content (AvgIpc) is 2.81. The Labute approximate surface area is 113 Å². The lowest BCUT2D eigenvalue weighted by atomic mass is 10.2. The first-order chi connectivity index (χ1) is 9.32. The molecule has 2 rings (SSSR count). The van der Waals surface area contributed by atoms with Crippen molar-refractivity contribution in [3.63, 3.8) is 0 Å². The monoisotopic (exact) mass is 294 g/mol. The van der Waals surface area contributed by atoms with Crippen molar-refractivity contribution >= 4 is 5.69 Å². The molecule has 112 valence electrons. The molecule has 0 saturated carbocycles. The Kier molecular flexibility index (Phi) is 4.17. The molecule has 1 heterocycles. The van der Waals surface area contributed by atoms with Crippen molar-refractivity contribution in [2.24, 2.45) is 0 Å². The highest BCUT2D eigenvalue weighted by atomic mass is 19.2. The summed E-state index contributed by atoms with van der Waals surface area (Å²) in [5.41, 5.74) is -0.838. The minimum absolute atomic E-state index is 0.0371. The molecule has 1 unspecified atom stereocenters. The molecule has 0 aromatic heterocycles. The van der Waals surface area contributed by atoms with Gasteiger partial charge in [-0.25, -0.2) is 22.0 Å².